The quantitative estimate of drug-likeness (QED) is 0.796. The van der Waals surface area contributed by atoms with Crippen molar-refractivity contribution in [1.29, 1.82) is 0 Å². The number of aromatic nitrogens is 2. The van der Waals surface area contributed by atoms with Gasteiger partial charge in [-0.1, -0.05) is 6.92 Å². The number of hydrogen-bond acceptors (Lipinski definition) is 4. The fraction of sp³-hybridized carbons (Fsp3) is 0.727. The van der Waals surface area contributed by atoms with Gasteiger partial charge >= 0.3 is 0 Å². The zero-order valence-electron chi connectivity index (χ0n) is 10.1. The molecule has 3 N–H and O–H groups in total. The summed E-state index contributed by atoms with van der Waals surface area (Å²) in [7, 11) is 1.88. The van der Waals surface area contributed by atoms with Gasteiger partial charge < -0.3 is 11.1 Å². The lowest BCUT2D eigenvalue weighted by atomic mass is 10.2. The molecule has 1 aliphatic rings. The van der Waals surface area contributed by atoms with Gasteiger partial charge in [0.15, 0.2) is 5.82 Å². The Kier molecular flexibility index (Phi) is 3.33. The van der Waals surface area contributed by atoms with Crippen LogP contribution in [0.1, 0.15) is 19.8 Å². The fourth-order valence-electron chi connectivity index (χ4n) is 2.40. The summed E-state index contributed by atoms with van der Waals surface area (Å²) in [6, 6.07) is 0.631. The van der Waals surface area contributed by atoms with Gasteiger partial charge in [0.25, 0.3) is 0 Å². The second-order valence-electron chi connectivity index (χ2n) is 4.41. The van der Waals surface area contributed by atoms with Gasteiger partial charge in [0.1, 0.15) is 0 Å². The Morgan fingerprint density at radius 3 is 3.06 bits per heavy atom. The van der Waals surface area contributed by atoms with Crippen LogP contribution in [-0.2, 0) is 7.05 Å². The Labute approximate surface area is 96.6 Å². The van der Waals surface area contributed by atoms with Gasteiger partial charge in [-0.05, 0) is 25.9 Å². The van der Waals surface area contributed by atoms with Gasteiger partial charge in [0, 0.05) is 25.8 Å². The molecule has 1 saturated heterocycles. The van der Waals surface area contributed by atoms with Crippen molar-refractivity contribution in [2.24, 2.45) is 7.05 Å². The van der Waals surface area contributed by atoms with Crippen molar-refractivity contribution in [2.45, 2.75) is 25.8 Å². The van der Waals surface area contributed by atoms with Crippen LogP contribution < -0.4 is 11.1 Å². The molecule has 0 spiro atoms. The van der Waals surface area contributed by atoms with Crippen LogP contribution in [0, 0.1) is 0 Å². The van der Waals surface area contributed by atoms with E-state index in [0.29, 0.717) is 6.04 Å². The molecular formula is C11H21N5. The number of hydrogen-bond donors (Lipinski definition) is 2. The van der Waals surface area contributed by atoms with E-state index in [4.69, 9.17) is 5.73 Å². The van der Waals surface area contributed by atoms with E-state index in [1.54, 1.807) is 4.68 Å². The second-order valence-corrected chi connectivity index (χ2v) is 4.41. The van der Waals surface area contributed by atoms with E-state index in [0.717, 1.165) is 24.6 Å². The molecule has 1 fully saturated rings. The third-order valence-corrected chi connectivity index (χ3v) is 3.27. The van der Waals surface area contributed by atoms with E-state index in [-0.39, 0.29) is 0 Å². The number of nitrogens with two attached hydrogens (primary N) is 1. The van der Waals surface area contributed by atoms with Gasteiger partial charge in [-0.15, -0.1) is 0 Å². The molecular weight excluding hydrogens is 202 g/mol. The first-order valence-corrected chi connectivity index (χ1v) is 5.97. The van der Waals surface area contributed by atoms with Crippen LogP contribution in [0.3, 0.4) is 0 Å². The highest BCUT2D eigenvalue weighted by Gasteiger charge is 2.22. The predicted octanol–water partition coefficient (Wildman–Crippen LogP) is 0.898. The Morgan fingerprint density at radius 2 is 2.44 bits per heavy atom. The molecule has 1 atom stereocenters. The SMILES string of the molecule is CCN1CCCC1CNc1nn(C)cc1N. The minimum atomic E-state index is 0.631. The molecule has 90 valence electrons. The summed E-state index contributed by atoms with van der Waals surface area (Å²) in [5, 5.41) is 7.63. The zero-order chi connectivity index (χ0) is 11.5. The van der Waals surface area contributed by atoms with Crippen LogP contribution in [0.15, 0.2) is 6.20 Å². The normalized spacial score (nSPS) is 21.5. The number of rotatable bonds is 4. The van der Waals surface area contributed by atoms with E-state index in [1.807, 2.05) is 13.2 Å². The lowest BCUT2D eigenvalue weighted by Gasteiger charge is -2.22. The molecule has 1 aromatic rings. The number of likely N-dealkylation sites (tertiary alicyclic amines) is 1. The topological polar surface area (TPSA) is 59.1 Å². The third-order valence-electron chi connectivity index (χ3n) is 3.27. The molecule has 1 unspecified atom stereocenters. The first-order valence-electron chi connectivity index (χ1n) is 5.97. The number of nitrogens with zero attached hydrogens (tertiary/aromatic N) is 3. The summed E-state index contributed by atoms with van der Waals surface area (Å²) < 4.78 is 1.74. The molecule has 0 aromatic carbocycles. The van der Waals surface area contributed by atoms with Crippen molar-refractivity contribution in [3.63, 3.8) is 0 Å². The molecule has 0 bridgehead atoms. The summed E-state index contributed by atoms with van der Waals surface area (Å²) >= 11 is 0. The van der Waals surface area contributed by atoms with Crippen LogP contribution in [0.4, 0.5) is 11.5 Å². The second kappa shape index (κ2) is 4.74. The highest BCUT2D eigenvalue weighted by Crippen LogP contribution is 2.19. The number of nitrogen functional groups attached to an aromatic ring is 1. The van der Waals surface area contributed by atoms with E-state index in [9.17, 15) is 0 Å². The van der Waals surface area contributed by atoms with Crippen molar-refractivity contribution in [3.8, 4) is 0 Å². The van der Waals surface area contributed by atoms with Crippen LogP contribution in [0.25, 0.3) is 0 Å². The molecule has 1 aliphatic heterocycles. The van der Waals surface area contributed by atoms with Crippen LogP contribution in [-0.4, -0.2) is 40.4 Å². The van der Waals surface area contributed by atoms with Gasteiger partial charge in [-0.2, -0.15) is 5.10 Å². The zero-order valence-corrected chi connectivity index (χ0v) is 10.1. The lowest BCUT2D eigenvalue weighted by Crippen LogP contribution is -2.34. The first kappa shape index (κ1) is 11.3. The highest BCUT2D eigenvalue weighted by molar-refractivity contribution is 5.59. The number of likely N-dealkylation sites (N-methyl/N-ethyl adjacent to an activating group) is 1. The Bertz CT molecular complexity index is 346. The fourth-order valence-corrected chi connectivity index (χ4v) is 2.40. The summed E-state index contributed by atoms with van der Waals surface area (Å²) in [6.07, 6.45) is 4.40. The molecule has 5 nitrogen and oxygen atoms in total. The van der Waals surface area contributed by atoms with Crippen LogP contribution >= 0.6 is 0 Å². The molecule has 0 saturated carbocycles. The maximum Gasteiger partial charge on any atom is 0.171 e. The molecule has 2 heterocycles. The summed E-state index contributed by atoms with van der Waals surface area (Å²) in [5.74, 6) is 0.811. The van der Waals surface area contributed by atoms with Gasteiger partial charge in [0.2, 0.25) is 0 Å². The maximum absolute atomic E-state index is 5.83. The number of aryl methyl sites for hydroxylation is 1. The van der Waals surface area contributed by atoms with Crippen LogP contribution in [0.5, 0.6) is 0 Å². The first-order chi connectivity index (χ1) is 7.70. The molecule has 0 amide bonds. The molecule has 2 rings (SSSR count). The highest BCUT2D eigenvalue weighted by atomic mass is 15.3. The van der Waals surface area contributed by atoms with Gasteiger partial charge in [-0.3, -0.25) is 9.58 Å². The standard InChI is InChI=1S/C11H21N5/c1-3-16-6-4-5-9(16)7-13-11-10(12)8-15(2)14-11/h8-9H,3-7,12H2,1-2H3,(H,13,14). The monoisotopic (exact) mass is 223 g/mol. The van der Waals surface area contributed by atoms with Crippen molar-refractivity contribution < 1.29 is 0 Å². The molecule has 0 aliphatic carbocycles. The van der Waals surface area contributed by atoms with Crippen LogP contribution in [0.2, 0.25) is 0 Å². The van der Waals surface area contributed by atoms with E-state index >= 15 is 0 Å². The average Bonchev–Trinajstić information content (AvgIpc) is 2.81. The number of anilines is 2. The minimum absolute atomic E-state index is 0.631. The molecule has 5 heteroatoms. The van der Waals surface area contributed by atoms with E-state index in [2.05, 4.69) is 22.2 Å². The third kappa shape index (κ3) is 2.29. The van der Waals surface area contributed by atoms with Gasteiger partial charge in [0.05, 0.1) is 5.69 Å². The Morgan fingerprint density at radius 1 is 1.62 bits per heavy atom. The molecule has 16 heavy (non-hydrogen) atoms. The Hall–Kier alpha value is -1.23. The van der Waals surface area contributed by atoms with E-state index in [1.165, 1.54) is 19.4 Å². The summed E-state index contributed by atoms with van der Waals surface area (Å²) in [4.78, 5) is 2.51. The molecule has 1 aromatic heterocycles. The predicted molar refractivity (Wildman–Crippen MR) is 66.4 cm³/mol. The largest absolute Gasteiger partial charge is 0.394 e. The smallest absolute Gasteiger partial charge is 0.171 e. The van der Waals surface area contributed by atoms with Crippen molar-refractivity contribution in [1.82, 2.24) is 14.7 Å². The average molecular weight is 223 g/mol. The van der Waals surface area contributed by atoms with Crippen molar-refractivity contribution >= 4 is 11.5 Å². The molecule has 0 radical (unpaired) electrons. The van der Waals surface area contributed by atoms with Crippen molar-refractivity contribution in [2.75, 3.05) is 30.7 Å². The van der Waals surface area contributed by atoms with E-state index < -0.39 is 0 Å². The maximum atomic E-state index is 5.83. The lowest BCUT2D eigenvalue weighted by molar-refractivity contribution is 0.277. The minimum Gasteiger partial charge on any atom is -0.394 e. The summed E-state index contributed by atoms with van der Waals surface area (Å²) in [6.45, 7) is 5.51. The van der Waals surface area contributed by atoms with Crippen molar-refractivity contribution in [3.05, 3.63) is 6.20 Å². The number of nitrogens with one attached hydrogen (secondary N) is 1. The summed E-state index contributed by atoms with van der Waals surface area (Å²) in [5.41, 5.74) is 6.56. The van der Waals surface area contributed by atoms with Gasteiger partial charge in [-0.25, -0.2) is 0 Å². The Balaban J connectivity index is 1.89.